The van der Waals surface area contributed by atoms with Crippen LogP contribution < -0.4 is 9.47 Å². The van der Waals surface area contributed by atoms with E-state index in [1.165, 1.54) is 39.7 Å². The van der Waals surface area contributed by atoms with Crippen molar-refractivity contribution in [3.8, 4) is 11.5 Å². The normalized spacial score (nSPS) is 33.4. The number of halogens is 1. The molecule has 1 aromatic rings. The summed E-state index contributed by atoms with van der Waals surface area (Å²) >= 11 is 0. The second-order valence-electron chi connectivity index (χ2n) is 9.59. The van der Waals surface area contributed by atoms with E-state index in [1.54, 1.807) is 18.2 Å². The molecule has 2 aliphatic heterocycles. The maximum absolute atomic E-state index is 13.1. The Kier molecular flexibility index (Phi) is 10.8. The van der Waals surface area contributed by atoms with Gasteiger partial charge in [0.05, 0.1) is 26.4 Å². The average Bonchev–Trinajstić information content (AvgIpc) is 2.95. The lowest BCUT2D eigenvalue weighted by Gasteiger charge is -2.43. The van der Waals surface area contributed by atoms with E-state index in [1.807, 2.05) is 0 Å². The molecule has 0 radical (unpaired) electrons. The topological polar surface area (TPSA) is 97.6 Å². The smallest absolute Gasteiger partial charge is 0.404 e. The van der Waals surface area contributed by atoms with Gasteiger partial charge in [-0.2, -0.15) is 4.39 Å². The summed E-state index contributed by atoms with van der Waals surface area (Å²) < 4.78 is 28.8. The molecular weight excluding hydrogens is 431 g/mol. The van der Waals surface area contributed by atoms with Gasteiger partial charge < -0.3 is 24.4 Å². The second kappa shape index (κ2) is 12.9. The van der Waals surface area contributed by atoms with Gasteiger partial charge in [0.1, 0.15) is 0 Å². The quantitative estimate of drug-likeness (QED) is 0.430. The molecule has 2 fully saturated rings. The van der Waals surface area contributed by atoms with Gasteiger partial charge in [0.2, 0.25) is 0 Å². The minimum Gasteiger partial charge on any atom is -0.423 e. The van der Waals surface area contributed by atoms with E-state index in [-0.39, 0.29) is 6.61 Å². The molecule has 1 aromatic carbocycles. The van der Waals surface area contributed by atoms with Gasteiger partial charge in [0, 0.05) is 13.5 Å². The SMILES string of the molecule is CC1(F)Oc2ccc(CO)cc2O1.CC1CC[C@@H]2C(CO1)[C@H]([C@@H](C)CO)CC[C@H]2C.COO. The maximum atomic E-state index is 13.1. The molecule has 190 valence electrons. The van der Waals surface area contributed by atoms with Crippen LogP contribution in [0.3, 0.4) is 0 Å². The number of hydrogen-bond acceptors (Lipinski definition) is 7. The Morgan fingerprint density at radius 1 is 1.09 bits per heavy atom. The maximum Gasteiger partial charge on any atom is 0.404 e. The summed E-state index contributed by atoms with van der Waals surface area (Å²) in [7, 11) is 1.18. The van der Waals surface area contributed by atoms with Crippen molar-refractivity contribution in [3.63, 3.8) is 0 Å². The molecule has 3 aliphatic rings. The standard InChI is InChI=1S/C15H28O2.C9H9FO3.CH4O2/c1-10-4-6-14(11(2)8-16)15-9-17-12(3)5-7-13(10)15;1-9(10)12-7-3-2-6(5-11)4-8(7)13-9;1-3-2/h10-16H,4-9H2,1-3H3;2-4,11H,5H2,1H3;2H,1H3/t10-,11+,12?,13+,14+,15?;;/m1../s1. The number of benzene rings is 1. The number of ether oxygens (including phenoxy) is 3. The molecule has 1 saturated heterocycles. The third kappa shape index (κ3) is 7.79. The summed E-state index contributed by atoms with van der Waals surface area (Å²) in [6.07, 6.45) is 5.58. The minimum atomic E-state index is -2.09. The Balaban J connectivity index is 0.000000214. The first-order chi connectivity index (χ1) is 15.6. The van der Waals surface area contributed by atoms with Crippen molar-refractivity contribution in [1.29, 1.82) is 0 Å². The molecule has 33 heavy (non-hydrogen) atoms. The molecule has 4 rings (SSSR count). The van der Waals surface area contributed by atoms with Gasteiger partial charge in [0.15, 0.2) is 11.5 Å². The highest BCUT2D eigenvalue weighted by Crippen LogP contribution is 2.46. The van der Waals surface area contributed by atoms with Crippen LogP contribution in [0.1, 0.15) is 58.9 Å². The van der Waals surface area contributed by atoms with Gasteiger partial charge in [-0.25, -0.2) is 4.89 Å². The van der Waals surface area contributed by atoms with E-state index < -0.39 is 6.04 Å². The van der Waals surface area contributed by atoms with E-state index in [2.05, 4.69) is 25.7 Å². The highest BCUT2D eigenvalue weighted by atomic mass is 19.2. The minimum absolute atomic E-state index is 0.0976. The summed E-state index contributed by atoms with van der Waals surface area (Å²) in [6, 6.07) is 2.70. The van der Waals surface area contributed by atoms with Crippen molar-refractivity contribution in [2.75, 3.05) is 20.3 Å². The van der Waals surface area contributed by atoms with Crippen molar-refractivity contribution < 1.29 is 39.0 Å². The number of hydrogen-bond donors (Lipinski definition) is 3. The largest absolute Gasteiger partial charge is 0.423 e. The lowest BCUT2D eigenvalue weighted by atomic mass is 9.63. The molecule has 0 spiro atoms. The molecule has 1 saturated carbocycles. The van der Waals surface area contributed by atoms with E-state index in [9.17, 15) is 9.50 Å². The predicted octanol–water partition coefficient (Wildman–Crippen LogP) is 4.79. The van der Waals surface area contributed by atoms with E-state index in [4.69, 9.17) is 24.6 Å². The number of fused-ring (bicyclic) bond motifs is 2. The molecule has 8 heteroatoms. The monoisotopic (exact) mass is 472 g/mol. The molecule has 7 nitrogen and oxygen atoms in total. The third-order valence-electron chi connectivity index (χ3n) is 7.06. The Labute approximate surface area is 196 Å². The zero-order chi connectivity index (χ0) is 24.6. The lowest BCUT2D eigenvalue weighted by Crippen LogP contribution is -2.39. The molecule has 1 aliphatic carbocycles. The van der Waals surface area contributed by atoms with Crippen LogP contribution in [0.5, 0.6) is 11.5 Å². The van der Waals surface area contributed by atoms with Crippen molar-refractivity contribution in [2.45, 2.75) is 72.1 Å². The number of aliphatic hydroxyl groups excluding tert-OH is 2. The number of rotatable bonds is 3. The molecule has 3 N–H and O–H groups in total. The van der Waals surface area contributed by atoms with Crippen molar-refractivity contribution in [2.24, 2.45) is 29.6 Å². The fourth-order valence-corrected chi connectivity index (χ4v) is 5.23. The lowest BCUT2D eigenvalue weighted by molar-refractivity contribution is -0.214. The zero-order valence-electron chi connectivity index (χ0n) is 20.5. The number of alkyl halides is 1. The second-order valence-corrected chi connectivity index (χ2v) is 9.59. The van der Waals surface area contributed by atoms with Crippen LogP contribution in [0.4, 0.5) is 4.39 Å². The molecule has 2 heterocycles. The van der Waals surface area contributed by atoms with E-state index in [0.717, 1.165) is 18.4 Å². The fraction of sp³-hybridized carbons (Fsp3) is 0.760. The van der Waals surface area contributed by atoms with Gasteiger partial charge in [-0.3, -0.25) is 5.26 Å². The van der Waals surface area contributed by atoms with Gasteiger partial charge in [-0.15, -0.1) is 0 Å². The predicted molar refractivity (Wildman–Crippen MR) is 123 cm³/mol. The summed E-state index contributed by atoms with van der Waals surface area (Å²) in [5.74, 6) is 4.16. The fourth-order valence-electron chi connectivity index (χ4n) is 5.23. The van der Waals surface area contributed by atoms with Gasteiger partial charge in [-0.1, -0.05) is 26.3 Å². The van der Waals surface area contributed by atoms with Crippen molar-refractivity contribution in [1.82, 2.24) is 0 Å². The summed E-state index contributed by atoms with van der Waals surface area (Å²) in [6.45, 7) is 9.15. The van der Waals surface area contributed by atoms with Crippen LogP contribution in [-0.2, 0) is 16.2 Å². The van der Waals surface area contributed by atoms with Crippen LogP contribution in [0.15, 0.2) is 18.2 Å². The Hall–Kier alpha value is -1.45. The van der Waals surface area contributed by atoms with Crippen LogP contribution in [0, 0.1) is 29.6 Å². The molecular formula is C25H41FO7. The first-order valence-corrected chi connectivity index (χ1v) is 11.9. The number of aliphatic hydroxyl groups is 2. The Morgan fingerprint density at radius 2 is 1.76 bits per heavy atom. The molecule has 7 atom stereocenters. The molecule has 0 aromatic heterocycles. The van der Waals surface area contributed by atoms with Crippen LogP contribution in [0.25, 0.3) is 0 Å². The van der Waals surface area contributed by atoms with Crippen LogP contribution in [0.2, 0.25) is 0 Å². The summed E-state index contributed by atoms with van der Waals surface area (Å²) in [5.41, 5.74) is 0.667. The van der Waals surface area contributed by atoms with Gasteiger partial charge in [0.25, 0.3) is 0 Å². The summed E-state index contributed by atoms with van der Waals surface area (Å²) in [5, 5.41) is 25.3. The van der Waals surface area contributed by atoms with Crippen molar-refractivity contribution >= 4 is 0 Å². The highest BCUT2D eigenvalue weighted by Gasteiger charge is 2.41. The van der Waals surface area contributed by atoms with Gasteiger partial charge >= 0.3 is 6.04 Å². The van der Waals surface area contributed by atoms with Gasteiger partial charge in [-0.05, 0) is 73.5 Å². The molecule has 3 unspecified atom stereocenters. The third-order valence-corrected chi connectivity index (χ3v) is 7.06. The van der Waals surface area contributed by atoms with Crippen molar-refractivity contribution in [3.05, 3.63) is 23.8 Å². The van der Waals surface area contributed by atoms with Crippen LogP contribution in [-0.4, -0.2) is 47.9 Å². The zero-order valence-corrected chi connectivity index (χ0v) is 20.5. The first-order valence-electron chi connectivity index (χ1n) is 11.9. The Bertz CT molecular complexity index is 708. The average molecular weight is 473 g/mol. The molecule has 0 bridgehead atoms. The van der Waals surface area contributed by atoms with E-state index >= 15 is 0 Å². The van der Waals surface area contributed by atoms with E-state index in [0.29, 0.717) is 47.5 Å². The Morgan fingerprint density at radius 3 is 2.39 bits per heavy atom. The van der Waals surface area contributed by atoms with Crippen LogP contribution >= 0.6 is 0 Å². The highest BCUT2D eigenvalue weighted by molar-refractivity contribution is 5.45. The first kappa shape index (κ1) is 27.8. The summed E-state index contributed by atoms with van der Waals surface area (Å²) in [4.78, 5) is 3.25. The molecule has 0 amide bonds.